The van der Waals surface area contributed by atoms with Gasteiger partial charge < -0.3 is 20.7 Å². The van der Waals surface area contributed by atoms with Gasteiger partial charge in [0.2, 0.25) is 17.8 Å². The lowest BCUT2D eigenvalue weighted by atomic mass is 10.1. The number of benzene rings is 1. The maximum absolute atomic E-state index is 14.0. The van der Waals surface area contributed by atoms with Gasteiger partial charge in [-0.1, -0.05) is 13.3 Å². The molecule has 1 aromatic carbocycles. The molecule has 2 aromatic rings. The highest BCUT2D eigenvalue weighted by Crippen LogP contribution is 2.52. The Morgan fingerprint density at radius 3 is 2.29 bits per heavy atom. The molecule has 3 fully saturated rings. The Balaban J connectivity index is 1.16. The molecule has 1 heterocycles. The Morgan fingerprint density at radius 1 is 1.02 bits per heavy atom. The number of rotatable bonds is 15. The lowest BCUT2D eigenvalue weighted by Gasteiger charge is -2.19. The van der Waals surface area contributed by atoms with E-state index in [0.29, 0.717) is 23.7 Å². The van der Waals surface area contributed by atoms with Crippen LogP contribution in [0.15, 0.2) is 24.3 Å². The van der Waals surface area contributed by atoms with E-state index in [2.05, 4.69) is 49.5 Å². The number of hydrogen-bond donors (Lipinski definition) is 4. The van der Waals surface area contributed by atoms with Gasteiger partial charge in [0, 0.05) is 28.1 Å². The highest BCUT2D eigenvalue weighted by atomic mass is 32.2. The van der Waals surface area contributed by atoms with Crippen molar-refractivity contribution in [1.29, 1.82) is 0 Å². The van der Waals surface area contributed by atoms with Gasteiger partial charge in [0.15, 0.2) is 0 Å². The summed E-state index contributed by atoms with van der Waals surface area (Å²) in [7, 11) is 0. The summed E-state index contributed by atoms with van der Waals surface area (Å²) >= 11 is 1.57. The van der Waals surface area contributed by atoms with Gasteiger partial charge in [0.25, 0.3) is 5.91 Å². The van der Waals surface area contributed by atoms with Crippen LogP contribution in [0, 0.1) is 5.41 Å². The first-order valence-corrected chi connectivity index (χ1v) is 15.2. The highest BCUT2D eigenvalue weighted by molar-refractivity contribution is 7.99. The van der Waals surface area contributed by atoms with Gasteiger partial charge in [-0.15, -0.1) is 0 Å². The fraction of sp³-hybridized carbons (Fsp3) is 0.621. The van der Waals surface area contributed by atoms with Crippen LogP contribution in [0.4, 0.5) is 22.0 Å². The SMILES string of the molecule is CCCC1(SNC(=O)C2(CNC(=O)c3ccc(Nc4nc(NC5(C)CC5)nc(OCC(C)(C)F)n4)cc3)CC2)CC1. The molecule has 0 spiro atoms. The van der Waals surface area contributed by atoms with Gasteiger partial charge in [-0.2, -0.15) is 15.0 Å². The van der Waals surface area contributed by atoms with Crippen LogP contribution in [-0.4, -0.2) is 55.9 Å². The maximum atomic E-state index is 14.0. The van der Waals surface area contributed by atoms with Crippen LogP contribution < -0.4 is 25.4 Å². The molecule has 0 bridgehead atoms. The van der Waals surface area contributed by atoms with Gasteiger partial charge in [-0.05, 0) is 102 Å². The first kappa shape index (κ1) is 29.3. The van der Waals surface area contributed by atoms with Gasteiger partial charge in [0.1, 0.15) is 12.3 Å². The Labute approximate surface area is 244 Å². The summed E-state index contributed by atoms with van der Waals surface area (Å²) < 4.78 is 22.8. The average molecular weight is 586 g/mol. The predicted molar refractivity (Wildman–Crippen MR) is 158 cm³/mol. The molecular weight excluding hydrogens is 545 g/mol. The summed E-state index contributed by atoms with van der Waals surface area (Å²) in [5.74, 6) is 0.369. The fourth-order valence-electron chi connectivity index (χ4n) is 4.43. The van der Waals surface area contributed by atoms with Crippen molar-refractivity contribution in [3.63, 3.8) is 0 Å². The zero-order valence-corrected chi connectivity index (χ0v) is 25.0. The Kier molecular flexibility index (Phi) is 8.06. The number of carbonyl (C=O) groups excluding carboxylic acids is 2. The van der Waals surface area contributed by atoms with Crippen LogP contribution in [0.1, 0.15) is 89.4 Å². The van der Waals surface area contributed by atoms with E-state index in [-0.39, 0.29) is 40.7 Å². The number of aromatic nitrogens is 3. The molecule has 0 atom stereocenters. The summed E-state index contributed by atoms with van der Waals surface area (Å²) in [6.07, 6.45) is 8.09. The van der Waals surface area contributed by atoms with Crippen LogP contribution in [0.5, 0.6) is 6.01 Å². The lowest BCUT2D eigenvalue weighted by molar-refractivity contribution is -0.124. The first-order valence-electron chi connectivity index (χ1n) is 14.4. The van der Waals surface area contributed by atoms with E-state index in [0.717, 1.165) is 51.4 Å². The number of alkyl halides is 1. The van der Waals surface area contributed by atoms with E-state index in [1.165, 1.54) is 13.8 Å². The van der Waals surface area contributed by atoms with Crippen molar-refractivity contribution >= 4 is 41.3 Å². The summed E-state index contributed by atoms with van der Waals surface area (Å²) in [6.45, 7) is 7.21. The van der Waals surface area contributed by atoms with Crippen LogP contribution >= 0.6 is 11.9 Å². The first-order chi connectivity index (χ1) is 19.4. The average Bonchev–Trinajstić information content (AvgIpc) is 3.83. The predicted octanol–water partition coefficient (Wildman–Crippen LogP) is 5.31. The van der Waals surface area contributed by atoms with Crippen molar-refractivity contribution in [2.24, 2.45) is 5.41 Å². The molecule has 1 aromatic heterocycles. The summed E-state index contributed by atoms with van der Waals surface area (Å²) in [5.41, 5.74) is -0.981. The molecule has 10 nitrogen and oxygen atoms in total. The third-order valence-electron chi connectivity index (χ3n) is 7.77. The van der Waals surface area contributed by atoms with Crippen molar-refractivity contribution in [2.75, 3.05) is 23.8 Å². The summed E-state index contributed by atoms with van der Waals surface area (Å²) in [5, 5.41) is 9.34. The summed E-state index contributed by atoms with van der Waals surface area (Å²) in [6, 6.07) is 6.91. The smallest absolute Gasteiger partial charge is 0.323 e. The molecule has 0 radical (unpaired) electrons. The molecule has 0 aliphatic heterocycles. The van der Waals surface area contributed by atoms with Crippen molar-refractivity contribution in [3.05, 3.63) is 29.8 Å². The molecule has 3 saturated carbocycles. The number of hydrogen-bond acceptors (Lipinski definition) is 9. The third-order valence-corrected chi connectivity index (χ3v) is 9.11. The van der Waals surface area contributed by atoms with Crippen molar-refractivity contribution in [1.82, 2.24) is 25.0 Å². The second-order valence-corrected chi connectivity index (χ2v) is 13.9. The molecule has 0 saturated heterocycles. The highest BCUT2D eigenvalue weighted by Gasteiger charge is 2.51. The van der Waals surface area contributed by atoms with Gasteiger partial charge in [-0.25, -0.2) is 4.39 Å². The third kappa shape index (κ3) is 7.99. The fourth-order valence-corrected chi connectivity index (χ4v) is 5.57. The number of anilines is 3. The van der Waals surface area contributed by atoms with Crippen molar-refractivity contribution in [2.45, 2.75) is 95.0 Å². The van der Waals surface area contributed by atoms with Crippen molar-refractivity contribution in [3.8, 4) is 6.01 Å². The normalized spacial score (nSPS) is 19.0. The lowest BCUT2D eigenvalue weighted by Crippen LogP contribution is -2.39. The van der Waals surface area contributed by atoms with Crippen LogP contribution in [0.2, 0.25) is 0 Å². The molecule has 2 amide bonds. The van der Waals surface area contributed by atoms with E-state index in [1.54, 1.807) is 36.2 Å². The second kappa shape index (κ2) is 11.3. The number of ether oxygens (including phenoxy) is 1. The largest absolute Gasteiger partial charge is 0.460 e. The molecule has 222 valence electrons. The second-order valence-electron chi connectivity index (χ2n) is 12.6. The molecule has 41 heavy (non-hydrogen) atoms. The van der Waals surface area contributed by atoms with Crippen molar-refractivity contribution < 1.29 is 18.7 Å². The van der Waals surface area contributed by atoms with E-state index in [9.17, 15) is 14.0 Å². The maximum Gasteiger partial charge on any atom is 0.323 e. The number of nitrogens with zero attached hydrogens (tertiary/aromatic N) is 3. The zero-order valence-electron chi connectivity index (χ0n) is 24.2. The molecule has 5 rings (SSSR count). The van der Waals surface area contributed by atoms with E-state index in [4.69, 9.17) is 4.74 Å². The van der Waals surface area contributed by atoms with E-state index < -0.39 is 11.1 Å². The van der Waals surface area contributed by atoms with Gasteiger partial charge in [0.05, 0.1) is 5.41 Å². The Bertz CT molecular complexity index is 1270. The number of carbonyl (C=O) groups is 2. The van der Waals surface area contributed by atoms with E-state index in [1.807, 2.05) is 0 Å². The number of amides is 2. The van der Waals surface area contributed by atoms with Crippen LogP contribution in [-0.2, 0) is 4.79 Å². The summed E-state index contributed by atoms with van der Waals surface area (Å²) in [4.78, 5) is 38.7. The quantitative estimate of drug-likeness (QED) is 0.205. The molecule has 0 unspecified atom stereocenters. The molecule has 12 heteroatoms. The van der Waals surface area contributed by atoms with Gasteiger partial charge >= 0.3 is 6.01 Å². The topological polar surface area (TPSA) is 130 Å². The minimum atomic E-state index is -1.54. The molecule has 4 N–H and O–H groups in total. The van der Waals surface area contributed by atoms with E-state index >= 15 is 0 Å². The van der Waals surface area contributed by atoms with Gasteiger partial charge in [-0.3, -0.25) is 14.3 Å². The monoisotopic (exact) mass is 585 g/mol. The van der Waals surface area contributed by atoms with Crippen LogP contribution in [0.25, 0.3) is 0 Å². The molecular formula is C29H40FN7O3S. The molecule has 3 aliphatic rings. The number of halogens is 1. The minimum Gasteiger partial charge on any atom is -0.460 e. The standard InChI is InChI=1S/C29H40FN7O3S/c1-5-10-29(15-16-29)41-37-22(39)28(13-14-28)17-31-21(38)19-6-8-20(9-7-19)32-23-33-24(36-27(4)11-12-27)35-25(34-23)40-18-26(2,3)30/h6-9H,5,10-18H2,1-4H3,(H,31,38)(H,37,39)(H2,32,33,34,35,36). The Morgan fingerprint density at radius 2 is 1.71 bits per heavy atom. The Hall–Kier alpha value is -3.15. The number of nitrogens with one attached hydrogen (secondary N) is 4. The van der Waals surface area contributed by atoms with Crippen LogP contribution in [0.3, 0.4) is 0 Å². The zero-order chi connectivity index (χ0) is 29.3. The molecule has 3 aliphatic carbocycles. The minimum absolute atomic E-state index is 0.0186.